The van der Waals surface area contributed by atoms with Crippen LogP contribution in [0.25, 0.3) is 10.9 Å². The standard InChI is InChI=1S/C28H30N2O2/c1-5-24-27(26(31)16-15-22-18(2)17-19(3)29-28(22)32)23-13-9-10-14-25(23)30(24)20(4)21-11-7-6-8-12-21/h6-14,17,20H,5,15-16H2,1-4H3,(H,29,32). The summed E-state index contributed by atoms with van der Waals surface area (Å²) < 4.78 is 2.31. The van der Waals surface area contributed by atoms with Crippen LogP contribution in [0.3, 0.4) is 0 Å². The Balaban J connectivity index is 1.76. The van der Waals surface area contributed by atoms with Crippen LogP contribution in [0.15, 0.2) is 65.5 Å². The number of nitrogens with zero attached hydrogens (tertiary/aromatic N) is 1. The minimum absolute atomic E-state index is 0.0915. The SMILES string of the molecule is CCc1c(C(=O)CCc2c(C)cc(C)[nH]c2=O)c2ccccc2n1C(C)c1ccccc1. The van der Waals surface area contributed by atoms with Gasteiger partial charge in [0.1, 0.15) is 0 Å². The molecule has 0 saturated carbocycles. The first-order chi connectivity index (χ1) is 15.4. The molecule has 0 spiro atoms. The monoisotopic (exact) mass is 426 g/mol. The first kappa shape index (κ1) is 21.8. The molecule has 0 bridgehead atoms. The van der Waals surface area contributed by atoms with Gasteiger partial charge in [0, 0.05) is 39.8 Å². The highest BCUT2D eigenvalue weighted by Gasteiger charge is 2.24. The molecule has 2 heterocycles. The average molecular weight is 427 g/mol. The van der Waals surface area contributed by atoms with Crippen LogP contribution in [0, 0.1) is 13.8 Å². The maximum Gasteiger partial charge on any atom is 0.251 e. The fraction of sp³-hybridized carbons (Fsp3) is 0.286. The average Bonchev–Trinajstić information content (AvgIpc) is 3.12. The van der Waals surface area contributed by atoms with Crippen LogP contribution >= 0.6 is 0 Å². The Morgan fingerprint density at radius 3 is 2.41 bits per heavy atom. The van der Waals surface area contributed by atoms with Gasteiger partial charge in [-0.15, -0.1) is 0 Å². The molecule has 4 heteroatoms. The topological polar surface area (TPSA) is 54.9 Å². The Morgan fingerprint density at radius 2 is 1.72 bits per heavy atom. The molecule has 0 aliphatic heterocycles. The van der Waals surface area contributed by atoms with E-state index in [1.165, 1.54) is 5.56 Å². The number of carbonyl (C=O) groups is 1. The Morgan fingerprint density at radius 1 is 1.03 bits per heavy atom. The molecule has 2 aromatic carbocycles. The number of nitrogens with one attached hydrogen (secondary N) is 1. The zero-order valence-corrected chi connectivity index (χ0v) is 19.2. The highest BCUT2D eigenvalue weighted by molar-refractivity contribution is 6.09. The van der Waals surface area contributed by atoms with Gasteiger partial charge >= 0.3 is 0 Å². The number of Topliss-reactive ketones (excluding diaryl/α,β-unsaturated/α-hetero) is 1. The first-order valence-corrected chi connectivity index (χ1v) is 11.3. The van der Waals surface area contributed by atoms with Crippen molar-refractivity contribution < 1.29 is 4.79 Å². The predicted molar refractivity (Wildman–Crippen MR) is 131 cm³/mol. The van der Waals surface area contributed by atoms with Crippen LogP contribution in [0.2, 0.25) is 0 Å². The van der Waals surface area contributed by atoms with Crippen LogP contribution in [-0.4, -0.2) is 15.3 Å². The lowest BCUT2D eigenvalue weighted by Crippen LogP contribution is -2.17. The molecule has 0 fully saturated rings. The first-order valence-electron chi connectivity index (χ1n) is 11.3. The second-order valence-electron chi connectivity index (χ2n) is 8.52. The lowest BCUT2D eigenvalue weighted by Gasteiger charge is -2.19. The maximum absolute atomic E-state index is 13.5. The van der Waals surface area contributed by atoms with Crippen molar-refractivity contribution >= 4 is 16.7 Å². The van der Waals surface area contributed by atoms with E-state index in [1.54, 1.807) is 0 Å². The number of ketones is 1. The summed E-state index contributed by atoms with van der Waals surface area (Å²) in [7, 11) is 0. The van der Waals surface area contributed by atoms with Crippen molar-refractivity contribution in [3.63, 3.8) is 0 Å². The van der Waals surface area contributed by atoms with Crippen LogP contribution in [-0.2, 0) is 12.8 Å². The van der Waals surface area contributed by atoms with E-state index in [0.29, 0.717) is 18.4 Å². The van der Waals surface area contributed by atoms with Gasteiger partial charge in [0.15, 0.2) is 5.78 Å². The van der Waals surface area contributed by atoms with Crippen molar-refractivity contribution in [2.24, 2.45) is 0 Å². The molecule has 0 saturated heterocycles. The third kappa shape index (κ3) is 3.93. The van der Waals surface area contributed by atoms with Gasteiger partial charge in [0.05, 0.1) is 6.04 Å². The molecule has 1 N–H and O–H groups in total. The Labute approximate surface area is 188 Å². The van der Waals surface area contributed by atoms with Gasteiger partial charge in [-0.1, -0.05) is 55.5 Å². The quantitative estimate of drug-likeness (QED) is 0.372. The fourth-order valence-corrected chi connectivity index (χ4v) is 4.85. The minimum Gasteiger partial charge on any atom is -0.337 e. The molecular formula is C28H30N2O2. The smallest absolute Gasteiger partial charge is 0.251 e. The van der Waals surface area contributed by atoms with E-state index in [0.717, 1.165) is 39.8 Å². The number of benzene rings is 2. The molecule has 4 rings (SSSR count). The summed E-state index contributed by atoms with van der Waals surface area (Å²) in [6.45, 7) is 8.10. The molecule has 2 aromatic heterocycles. The van der Waals surface area contributed by atoms with Gasteiger partial charge in [-0.05, 0) is 56.9 Å². The molecule has 4 nitrogen and oxygen atoms in total. The van der Waals surface area contributed by atoms with E-state index in [4.69, 9.17) is 0 Å². The highest BCUT2D eigenvalue weighted by Crippen LogP contribution is 2.33. The second kappa shape index (κ2) is 8.99. The predicted octanol–water partition coefficient (Wildman–Crippen LogP) is 5.93. The van der Waals surface area contributed by atoms with Crippen molar-refractivity contribution in [3.05, 3.63) is 105 Å². The lowest BCUT2D eigenvalue weighted by molar-refractivity contribution is 0.0983. The third-order valence-electron chi connectivity index (χ3n) is 6.39. The number of hydrogen-bond acceptors (Lipinski definition) is 2. The number of aryl methyl sites for hydroxylation is 2. The summed E-state index contributed by atoms with van der Waals surface area (Å²) in [6.07, 6.45) is 1.52. The third-order valence-corrected chi connectivity index (χ3v) is 6.39. The van der Waals surface area contributed by atoms with Crippen molar-refractivity contribution in [2.45, 2.75) is 53.0 Å². The fourth-order valence-electron chi connectivity index (χ4n) is 4.85. The van der Waals surface area contributed by atoms with Crippen molar-refractivity contribution in [3.8, 4) is 0 Å². The van der Waals surface area contributed by atoms with Crippen LogP contribution in [0.4, 0.5) is 0 Å². The van der Waals surface area contributed by atoms with E-state index >= 15 is 0 Å². The van der Waals surface area contributed by atoms with Gasteiger partial charge in [0.25, 0.3) is 5.56 Å². The normalized spacial score (nSPS) is 12.2. The number of pyridine rings is 1. The minimum atomic E-state index is -0.0915. The lowest BCUT2D eigenvalue weighted by atomic mass is 9.98. The number of carbonyl (C=O) groups excluding carboxylic acids is 1. The van der Waals surface area contributed by atoms with Gasteiger partial charge in [-0.3, -0.25) is 9.59 Å². The molecule has 0 radical (unpaired) electrons. The van der Waals surface area contributed by atoms with Crippen molar-refractivity contribution in [1.82, 2.24) is 9.55 Å². The van der Waals surface area contributed by atoms with Crippen molar-refractivity contribution in [1.29, 1.82) is 0 Å². The summed E-state index contributed by atoms with van der Waals surface area (Å²) in [5.74, 6) is 0.0939. The Bertz CT molecular complexity index is 1330. The van der Waals surface area contributed by atoms with Crippen molar-refractivity contribution in [2.75, 3.05) is 0 Å². The molecule has 32 heavy (non-hydrogen) atoms. The van der Waals surface area contributed by atoms with Crippen LogP contribution in [0.1, 0.15) is 64.7 Å². The zero-order chi connectivity index (χ0) is 22.8. The number of H-pyrrole nitrogens is 1. The molecule has 0 amide bonds. The molecular weight excluding hydrogens is 396 g/mol. The molecule has 164 valence electrons. The van der Waals surface area contributed by atoms with Gasteiger partial charge in [0.2, 0.25) is 0 Å². The van der Waals surface area contributed by atoms with E-state index in [9.17, 15) is 9.59 Å². The zero-order valence-electron chi connectivity index (χ0n) is 19.2. The molecule has 1 atom stereocenters. The summed E-state index contributed by atoms with van der Waals surface area (Å²) in [4.78, 5) is 28.8. The summed E-state index contributed by atoms with van der Waals surface area (Å²) in [6, 6.07) is 20.6. The number of rotatable bonds is 7. The highest BCUT2D eigenvalue weighted by atomic mass is 16.1. The number of aromatic amines is 1. The van der Waals surface area contributed by atoms with Gasteiger partial charge < -0.3 is 9.55 Å². The molecule has 4 aromatic rings. The van der Waals surface area contributed by atoms with E-state index in [-0.39, 0.29) is 17.4 Å². The molecule has 0 aliphatic rings. The number of para-hydroxylation sites is 1. The van der Waals surface area contributed by atoms with Crippen LogP contribution in [0.5, 0.6) is 0 Å². The van der Waals surface area contributed by atoms with E-state index in [2.05, 4.69) is 53.7 Å². The number of fused-ring (bicyclic) bond motifs is 1. The second-order valence-corrected chi connectivity index (χ2v) is 8.52. The molecule has 0 aliphatic carbocycles. The Hall–Kier alpha value is -3.40. The largest absolute Gasteiger partial charge is 0.337 e. The number of aromatic nitrogens is 2. The Kier molecular flexibility index (Phi) is 6.13. The van der Waals surface area contributed by atoms with Gasteiger partial charge in [-0.25, -0.2) is 0 Å². The van der Waals surface area contributed by atoms with Crippen LogP contribution < -0.4 is 5.56 Å². The summed E-state index contributed by atoms with van der Waals surface area (Å²) in [5.41, 5.74) is 6.53. The summed E-state index contributed by atoms with van der Waals surface area (Å²) in [5, 5.41) is 0.992. The van der Waals surface area contributed by atoms with E-state index < -0.39 is 0 Å². The maximum atomic E-state index is 13.5. The molecule has 1 unspecified atom stereocenters. The van der Waals surface area contributed by atoms with E-state index in [1.807, 2.05) is 44.2 Å². The van der Waals surface area contributed by atoms with Gasteiger partial charge in [-0.2, -0.15) is 0 Å². The summed E-state index contributed by atoms with van der Waals surface area (Å²) >= 11 is 0. The number of hydrogen-bond donors (Lipinski definition) is 1.